The highest BCUT2D eigenvalue weighted by Crippen LogP contribution is 2.28. The number of pyridine rings is 1. The summed E-state index contributed by atoms with van der Waals surface area (Å²) in [6.07, 6.45) is 5.28. The van der Waals surface area contributed by atoms with Gasteiger partial charge in [0.05, 0.1) is 12.1 Å². The van der Waals surface area contributed by atoms with Crippen LogP contribution in [0.1, 0.15) is 11.1 Å². The zero-order valence-electron chi connectivity index (χ0n) is 13.8. The van der Waals surface area contributed by atoms with Crippen LogP contribution in [-0.4, -0.2) is 26.9 Å². The molecule has 1 amide bonds. The number of anilines is 1. The van der Waals surface area contributed by atoms with Crippen molar-refractivity contribution in [3.63, 3.8) is 0 Å². The Morgan fingerprint density at radius 1 is 1.35 bits per heavy atom. The number of nitrogens with one attached hydrogen (secondary N) is 1. The number of nitrogens with zero attached hydrogens (tertiary/aromatic N) is 4. The van der Waals surface area contributed by atoms with Gasteiger partial charge in [0.2, 0.25) is 5.91 Å². The third-order valence-corrected chi connectivity index (χ3v) is 4.65. The summed E-state index contributed by atoms with van der Waals surface area (Å²) in [5.41, 5.74) is 1.89. The molecule has 0 aliphatic heterocycles. The first-order valence-corrected chi connectivity index (χ1v) is 9.66. The van der Waals surface area contributed by atoms with E-state index in [2.05, 4.69) is 37.4 Å². The van der Waals surface area contributed by atoms with Crippen molar-refractivity contribution in [3.05, 3.63) is 64.4 Å². The van der Waals surface area contributed by atoms with E-state index in [9.17, 15) is 10.1 Å². The van der Waals surface area contributed by atoms with Gasteiger partial charge in [0.25, 0.3) is 0 Å². The summed E-state index contributed by atoms with van der Waals surface area (Å²) in [4.78, 5) is 16.6. The van der Waals surface area contributed by atoms with Gasteiger partial charge in [0, 0.05) is 16.9 Å². The molecule has 0 atom stereocenters. The summed E-state index contributed by atoms with van der Waals surface area (Å²) in [7, 11) is 0. The zero-order chi connectivity index (χ0) is 18.5. The van der Waals surface area contributed by atoms with E-state index in [0.717, 1.165) is 15.7 Å². The van der Waals surface area contributed by atoms with Gasteiger partial charge in [0.1, 0.15) is 16.7 Å². The predicted molar refractivity (Wildman–Crippen MR) is 104 cm³/mol. The van der Waals surface area contributed by atoms with Crippen LogP contribution in [0.4, 0.5) is 5.82 Å². The average Bonchev–Trinajstić information content (AvgIpc) is 2.99. The summed E-state index contributed by atoms with van der Waals surface area (Å²) in [5.74, 6) is 0.127. The Hall–Kier alpha value is -2.63. The molecule has 26 heavy (non-hydrogen) atoms. The van der Waals surface area contributed by atoms with Crippen LogP contribution in [0.2, 0.25) is 0 Å². The van der Waals surface area contributed by atoms with Gasteiger partial charge in [0.15, 0.2) is 5.82 Å². The van der Waals surface area contributed by atoms with Crippen LogP contribution in [0.15, 0.2) is 58.3 Å². The van der Waals surface area contributed by atoms with Crippen molar-refractivity contribution < 1.29 is 4.79 Å². The molecule has 1 aromatic carbocycles. The fourth-order valence-corrected chi connectivity index (χ4v) is 3.35. The first-order chi connectivity index (χ1) is 12.6. The molecule has 0 bridgehead atoms. The van der Waals surface area contributed by atoms with E-state index in [1.165, 1.54) is 11.8 Å². The second kappa shape index (κ2) is 8.17. The van der Waals surface area contributed by atoms with Gasteiger partial charge in [-0.1, -0.05) is 18.2 Å². The summed E-state index contributed by atoms with van der Waals surface area (Å²) in [6.45, 7) is 0. The number of rotatable bonds is 5. The van der Waals surface area contributed by atoms with E-state index in [4.69, 9.17) is 0 Å². The molecule has 0 aliphatic rings. The number of aromatic nitrogens is 3. The van der Waals surface area contributed by atoms with Crippen molar-refractivity contribution in [1.29, 1.82) is 5.26 Å². The number of benzene rings is 1. The Kier molecular flexibility index (Phi) is 5.71. The molecule has 0 unspecified atom stereocenters. The minimum atomic E-state index is -0.244. The van der Waals surface area contributed by atoms with Gasteiger partial charge in [-0.3, -0.25) is 9.78 Å². The Labute approximate surface area is 163 Å². The number of carbonyl (C=O) groups excluding carboxylic acids is 1. The van der Waals surface area contributed by atoms with Gasteiger partial charge < -0.3 is 5.32 Å². The molecule has 0 saturated carbocycles. The van der Waals surface area contributed by atoms with Gasteiger partial charge in [-0.15, -0.1) is 11.8 Å². The SMILES string of the molecule is CSc1nn(-c2ccccc2)c(NC(=O)Cc2cncc(Br)c2)c1C#N. The van der Waals surface area contributed by atoms with E-state index >= 15 is 0 Å². The number of carbonyl (C=O) groups is 1. The fourth-order valence-electron chi connectivity index (χ4n) is 2.43. The lowest BCUT2D eigenvalue weighted by molar-refractivity contribution is -0.115. The Morgan fingerprint density at radius 3 is 2.77 bits per heavy atom. The summed E-state index contributed by atoms with van der Waals surface area (Å²) < 4.78 is 2.39. The number of hydrogen-bond donors (Lipinski definition) is 1. The van der Waals surface area contributed by atoms with Gasteiger partial charge in [-0.25, -0.2) is 4.68 Å². The van der Waals surface area contributed by atoms with Crippen LogP contribution in [0.3, 0.4) is 0 Å². The van der Waals surface area contributed by atoms with Crippen LogP contribution >= 0.6 is 27.7 Å². The molecule has 130 valence electrons. The van der Waals surface area contributed by atoms with Crippen molar-refractivity contribution in [2.24, 2.45) is 0 Å². The topological polar surface area (TPSA) is 83.6 Å². The lowest BCUT2D eigenvalue weighted by atomic mass is 10.2. The second-order valence-electron chi connectivity index (χ2n) is 5.33. The minimum absolute atomic E-state index is 0.145. The number of thioether (sulfide) groups is 1. The number of halogens is 1. The zero-order valence-corrected chi connectivity index (χ0v) is 16.2. The highest BCUT2D eigenvalue weighted by atomic mass is 79.9. The molecule has 0 saturated heterocycles. The maximum atomic E-state index is 12.5. The first-order valence-electron chi connectivity index (χ1n) is 7.64. The van der Waals surface area contributed by atoms with Crippen LogP contribution < -0.4 is 5.32 Å². The standard InChI is InChI=1S/C18H14BrN5OS/c1-26-18-15(9-20)17(24(23-18)14-5-3-2-4-6-14)22-16(25)8-12-7-13(19)11-21-10-12/h2-7,10-11H,8H2,1H3,(H,22,25). The molecular formula is C18H14BrN5OS. The predicted octanol–water partition coefficient (Wildman–Crippen LogP) is 3.80. The van der Waals surface area contributed by atoms with E-state index in [1.54, 1.807) is 17.1 Å². The van der Waals surface area contributed by atoms with E-state index < -0.39 is 0 Å². The summed E-state index contributed by atoms with van der Waals surface area (Å²) in [5, 5.41) is 17.4. The molecule has 0 spiro atoms. The molecule has 0 fully saturated rings. The molecule has 0 aliphatic carbocycles. The Balaban J connectivity index is 1.94. The third kappa shape index (κ3) is 3.95. The summed E-state index contributed by atoms with van der Waals surface area (Å²) >= 11 is 4.70. The third-order valence-electron chi connectivity index (χ3n) is 3.54. The smallest absolute Gasteiger partial charge is 0.230 e. The largest absolute Gasteiger partial charge is 0.309 e. The maximum absolute atomic E-state index is 12.5. The molecule has 3 aromatic rings. The number of hydrogen-bond acceptors (Lipinski definition) is 5. The van der Waals surface area contributed by atoms with Crippen molar-refractivity contribution >= 4 is 39.4 Å². The molecule has 2 heterocycles. The normalized spacial score (nSPS) is 10.3. The monoisotopic (exact) mass is 427 g/mol. The molecule has 3 rings (SSSR count). The van der Waals surface area contributed by atoms with E-state index in [-0.39, 0.29) is 12.3 Å². The van der Waals surface area contributed by atoms with Gasteiger partial charge in [-0.2, -0.15) is 10.4 Å². The number of para-hydroxylation sites is 1. The van der Waals surface area contributed by atoms with Crippen LogP contribution in [0.5, 0.6) is 0 Å². The maximum Gasteiger partial charge on any atom is 0.230 e. The minimum Gasteiger partial charge on any atom is -0.309 e. The first kappa shape index (κ1) is 18.2. The molecular weight excluding hydrogens is 414 g/mol. The molecule has 6 nitrogen and oxygen atoms in total. The number of nitriles is 1. The van der Waals surface area contributed by atoms with E-state index in [1.807, 2.05) is 42.7 Å². The van der Waals surface area contributed by atoms with Crippen LogP contribution in [0.25, 0.3) is 5.69 Å². The highest BCUT2D eigenvalue weighted by molar-refractivity contribution is 9.10. The number of amides is 1. The quantitative estimate of drug-likeness (QED) is 0.625. The Bertz CT molecular complexity index is 981. The summed E-state index contributed by atoms with van der Waals surface area (Å²) in [6, 6.07) is 13.4. The van der Waals surface area contributed by atoms with E-state index in [0.29, 0.717) is 16.4 Å². The van der Waals surface area contributed by atoms with Crippen molar-refractivity contribution in [1.82, 2.24) is 14.8 Å². The molecule has 8 heteroatoms. The lowest BCUT2D eigenvalue weighted by Gasteiger charge is -2.09. The highest BCUT2D eigenvalue weighted by Gasteiger charge is 2.20. The van der Waals surface area contributed by atoms with Crippen molar-refractivity contribution in [3.8, 4) is 11.8 Å². The van der Waals surface area contributed by atoms with Gasteiger partial charge >= 0.3 is 0 Å². The molecule has 1 N–H and O–H groups in total. The van der Waals surface area contributed by atoms with Crippen molar-refractivity contribution in [2.75, 3.05) is 11.6 Å². The fraction of sp³-hybridized carbons (Fsp3) is 0.111. The van der Waals surface area contributed by atoms with Gasteiger partial charge in [-0.05, 0) is 45.9 Å². The molecule has 0 radical (unpaired) electrons. The average molecular weight is 428 g/mol. The van der Waals surface area contributed by atoms with Crippen LogP contribution in [0, 0.1) is 11.3 Å². The Morgan fingerprint density at radius 2 is 2.12 bits per heavy atom. The lowest BCUT2D eigenvalue weighted by Crippen LogP contribution is -2.18. The second-order valence-corrected chi connectivity index (χ2v) is 7.04. The van der Waals surface area contributed by atoms with Crippen molar-refractivity contribution in [2.45, 2.75) is 11.4 Å². The van der Waals surface area contributed by atoms with Crippen LogP contribution in [-0.2, 0) is 11.2 Å². The molecule has 2 aromatic heterocycles.